The number of carbonyl (C=O) groups excluding carboxylic acids is 1. The van der Waals surface area contributed by atoms with Crippen LogP contribution in [-0.4, -0.2) is 39.9 Å². The minimum Gasteiger partial charge on any atom is -0.452 e. The van der Waals surface area contributed by atoms with E-state index in [2.05, 4.69) is 4.98 Å². The standard InChI is InChI=1S/C19H20N2O4/c22-13-19(21-11-9-14-5-1-2-7-16(14)21)17(8-4-12-24-19)25-18(23)15-6-3-10-20-15/h1-3,5-7,9-11,17,20,22H,4,8,12-13H2. The monoisotopic (exact) mass is 340 g/mol. The van der Waals surface area contributed by atoms with Crippen molar-refractivity contribution >= 4 is 16.9 Å². The van der Waals surface area contributed by atoms with Crippen LogP contribution < -0.4 is 0 Å². The highest BCUT2D eigenvalue weighted by Crippen LogP contribution is 2.36. The zero-order valence-corrected chi connectivity index (χ0v) is 13.7. The highest BCUT2D eigenvalue weighted by atomic mass is 16.6. The SMILES string of the molecule is O=C(OC1CCCOC1(CO)n1ccc2ccccc21)c1ccc[nH]1. The molecule has 3 heterocycles. The number of aromatic amines is 1. The molecule has 130 valence electrons. The first kappa shape index (κ1) is 15.9. The molecule has 25 heavy (non-hydrogen) atoms. The Kier molecular flexibility index (Phi) is 4.07. The fourth-order valence-electron chi connectivity index (χ4n) is 3.50. The molecule has 1 aliphatic rings. The van der Waals surface area contributed by atoms with Gasteiger partial charge in [0.05, 0.1) is 12.1 Å². The number of aromatic nitrogens is 2. The largest absolute Gasteiger partial charge is 0.452 e. The average Bonchev–Trinajstić information content (AvgIpc) is 3.32. The molecule has 0 aliphatic carbocycles. The number of H-pyrrole nitrogens is 1. The number of benzene rings is 1. The summed E-state index contributed by atoms with van der Waals surface area (Å²) in [4.78, 5) is 15.3. The number of aliphatic hydroxyl groups is 1. The Bertz CT molecular complexity index is 871. The number of para-hydroxylation sites is 1. The number of hydrogen-bond acceptors (Lipinski definition) is 4. The summed E-state index contributed by atoms with van der Waals surface area (Å²) in [5.41, 5.74) is 0.193. The summed E-state index contributed by atoms with van der Waals surface area (Å²) in [7, 11) is 0. The van der Waals surface area contributed by atoms with Crippen molar-refractivity contribution in [2.45, 2.75) is 24.7 Å². The highest BCUT2D eigenvalue weighted by Gasteiger charge is 2.46. The van der Waals surface area contributed by atoms with Gasteiger partial charge in [0.2, 0.25) is 5.72 Å². The predicted molar refractivity (Wildman–Crippen MR) is 92.2 cm³/mol. The lowest BCUT2D eigenvalue weighted by molar-refractivity contribution is -0.222. The second-order valence-electron chi connectivity index (χ2n) is 6.22. The quantitative estimate of drug-likeness (QED) is 0.716. The summed E-state index contributed by atoms with van der Waals surface area (Å²) in [5, 5.41) is 11.3. The van der Waals surface area contributed by atoms with E-state index in [9.17, 15) is 9.90 Å². The third-order valence-corrected chi connectivity index (χ3v) is 4.77. The Balaban J connectivity index is 1.73. The maximum atomic E-state index is 12.4. The number of fused-ring (bicyclic) bond motifs is 1. The topological polar surface area (TPSA) is 76.5 Å². The number of nitrogens with zero attached hydrogens (tertiary/aromatic N) is 1. The number of carbonyl (C=O) groups is 1. The van der Waals surface area contributed by atoms with Gasteiger partial charge in [0, 0.05) is 19.0 Å². The molecule has 6 nitrogen and oxygen atoms in total. The van der Waals surface area contributed by atoms with Crippen LogP contribution in [0.15, 0.2) is 54.9 Å². The van der Waals surface area contributed by atoms with Crippen LogP contribution >= 0.6 is 0 Å². The third-order valence-electron chi connectivity index (χ3n) is 4.77. The van der Waals surface area contributed by atoms with E-state index < -0.39 is 17.8 Å². The first-order valence-corrected chi connectivity index (χ1v) is 8.40. The van der Waals surface area contributed by atoms with Crippen LogP contribution in [0.5, 0.6) is 0 Å². The molecule has 0 amide bonds. The van der Waals surface area contributed by atoms with E-state index >= 15 is 0 Å². The first-order chi connectivity index (χ1) is 12.2. The Morgan fingerprint density at radius 2 is 2.20 bits per heavy atom. The lowest BCUT2D eigenvalue weighted by atomic mass is 9.98. The molecule has 3 aromatic rings. The van der Waals surface area contributed by atoms with Gasteiger partial charge in [-0.1, -0.05) is 18.2 Å². The normalized spacial score (nSPS) is 23.6. The van der Waals surface area contributed by atoms with Gasteiger partial charge in [-0.05, 0) is 42.5 Å². The van der Waals surface area contributed by atoms with Crippen LogP contribution in [0.4, 0.5) is 0 Å². The van der Waals surface area contributed by atoms with Gasteiger partial charge in [-0.2, -0.15) is 0 Å². The van der Waals surface area contributed by atoms with Crippen molar-refractivity contribution in [2.75, 3.05) is 13.2 Å². The van der Waals surface area contributed by atoms with Gasteiger partial charge in [0.15, 0.2) is 6.10 Å². The summed E-state index contributed by atoms with van der Waals surface area (Å²) in [6.07, 6.45) is 4.36. The molecule has 1 aliphatic heterocycles. The van der Waals surface area contributed by atoms with Crippen LogP contribution in [-0.2, 0) is 15.2 Å². The summed E-state index contributed by atoms with van der Waals surface area (Å²) < 4.78 is 13.6. The van der Waals surface area contributed by atoms with Crippen molar-refractivity contribution < 1.29 is 19.4 Å². The molecule has 1 saturated heterocycles. The molecule has 0 saturated carbocycles. The van der Waals surface area contributed by atoms with Gasteiger partial charge in [-0.25, -0.2) is 4.79 Å². The Morgan fingerprint density at radius 3 is 3.00 bits per heavy atom. The van der Waals surface area contributed by atoms with E-state index in [1.165, 1.54) is 0 Å². The van der Waals surface area contributed by atoms with Crippen molar-refractivity contribution in [3.8, 4) is 0 Å². The fraction of sp³-hybridized carbons (Fsp3) is 0.316. The van der Waals surface area contributed by atoms with Gasteiger partial charge >= 0.3 is 5.97 Å². The molecular formula is C19H20N2O4. The van der Waals surface area contributed by atoms with Crippen LogP contribution in [0.3, 0.4) is 0 Å². The number of hydrogen-bond donors (Lipinski definition) is 2. The number of aliphatic hydroxyl groups excluding tert-OH is 1. The number of ether oxygens (including phenoxy) is 2. The highest BCUT2D eigenvalue weighted by molar-refractivity contribution is 5.87. The Hall–Kier alpha value is -2.57. The van der Waals surface area contributed by atoms with Crippen LogP contribution in [0.25, 0.3) is 10.9 Å². The van der Waals surface area contributed by atoms with Gasteiger partial charge in [-0.15, -0.1) is 0 Å². The van der Waals surface area contributed by atoms with Crippen molar-refractivity contribution in [1.29, 1.82) is 0 Å². The van der Waals surface area contributed by atoms with Crippen LogP contribution in [0.2, 0.25) is 0 Å². The Morgan fingerprint density at radius 1 is 1.32 bits per heavy atom. The second kappa shape index (κ2) is 6.38. The molecule has 2 N–H and O–H groups in total. The minimum atomic E-state index is -1.12. The van der Waals surface area contributed by atoms with Crippen molar-refractivity contribution in [3.05, 3.63) is 60.6 Å². The number of nitrogens with one attached hydrogen (secondary N) is 1. The van der Waals surface area contributed by atoms with Crippen LogP contribution in [0, 0.1) is 0 Å². The Labute approximate surface area is 145 Å². The second-order valence-corrected chi connectivity index (χ2v) is 6.22. The summed E-state index contributed by atoms with van der Waals surface area (Å²) >= 11 is 0. The first-order valence-electron chi connectivity index (χ1n) is 8.40. The smallest absolute Gasteiger partial charge is 0.355 e. The summed E-state index contributed by atoms with van der Waals surface area (Å²) in [5.74, 6) is -0.449. The number of esters is 1. The van der Waals surface area contributed by atoms with E-state index in [0.29, 0.717) is 18.7 Å². The molecule has 4 rings (SSSR count). The van der Waals surface area contributed by atoms with Crippen molar-refractivity contribution in [3.63, 3.8) is 0 Å². The van der Waals surface area contributed by atoms with E-state index in [1.54, 1.807) is 18.3 Å². The molecular weight excluding hydrogens is 320 g/mol. The predicted octanol–water partition coefficient (Wildman–Crippen LogP) is 2.65. The van der Waals surface area contributed by atoms with Crippen molar-refractivity contribution in [1.82, 2.24) is 9.55 Å². The number of rotatable bonds is 4. The molecule has 2 aromatic heterocycles. The maximum Gasteiger partial charge on any atom is 0.355 e. The summed E-state index contributed by atoms with van der Waals surface area (Å²) in [6.45, 7) is 0.220. The third kappa shape index (κ3) is 2.63. The molecule has 2 atom stereocenters. The molecule has 0 spiro atoms. The maximum absolute atomic E-state index is 12.4. The van der Waals surface area contributed by atoms with Crippen molar-refractivity contribution in [2.24, 2.45) is 0 Å². The zero-order valence-electron chi connectivity index (χ0n) is 13.7. The van der Waals surface area contributed by atoms with E-state index in [4.69, 9.17) is 9.47 Å². The van der Waals surface area contributed by atoms with Gasteiger partial charge in [-0.3, -0.25) is 0 Å². The van der Waals surface area contributed by atoms with Crippen LogP contribution in [0.1, 0.15) is 23.3 Å². The van der Waals surface area contributed by atoms with Gasteiger partial charge in [0.25, 0.3) is 0 Å². The zero-order chi connectivity index (χ0) is 17.3. The molecule has 1 fully saturated rings. The molecule has 0 bridgehead atoms. The van der Waals surface area contributed by atoms with Gasteiger partial charge in [0.1, 0.15) is 5.69 Å². The summed E-state index contributed by atoms with van der Waals surface area (Å²) in [6, 6.07) is 13.2. The molecule has 1 aromatic carbocycles. The fourth-order valence-corrected chi connectivity index (χ4v) is 3.50. The molecule has 2 unspecified atom stereocenters. The van der Waals surface area contributed by atoms with E-state index in [-0.39, 0.29) is 6.61 Å². The molecule has 6 heteroatoms. The lowest BCUT2D eigenvalue weighted by Crippen LogP contribution is -2.54. The minimum absolute atomic E-state index is 0.283. The van der Waals surface area contributed by atoms with Gasteiger partial charge < -0.3 is 24.1 Å². The van der Waals surface area contributed by atoms with E-state index in [0.717, 1.165) is 17.3 Å². The van der Waals surface area contributed by atoms with E-state index in [1.807, 2.05) is 41.1 Å². The average molecular weight is 340 g/mol. The molecule has 0 radical (unpaired) electrons. The lowest BCUT2D eigenvalue weighted by Gasteiger charge is -2.43.